The molecule has 2 heterocycles. The lowest BCUT2D eigenvalue weighted by atomic mass is 10.1. The largest absolute Gasteiger partial charge is 0.488 e. The van der Waals surface area contributed by atoms with Crippen molar-refractivity contribution in [1.82, 2.24) is 9.80 Å². The molecule has 12 heteroatoms. The van der Waals surface area contributed by atoms with Gasteiger partial charge in [0, 0.05) is 35.3 Å². The monoisotopic (exact) mass is 561 g/mol. The maximum Gasteiger partial charge on any atom is 0.294 e. The van der Waals surface area contributed by atoms with Crippen LogP contribution in [0.2, 0.25) is 0 Å². The number of carbonyl (C=O) groups is 3. The van der Waals surface area contributed by atoms with Crippen molar-refractivity contribution in [2.45, 2.75) is 6.61 Å². The lowest BCUT2D eigenvalue weighted by Gasteiger charge is -2.28. The molecule has 0 aliphatic carbocycles. The van der Waals surface area contributed by atoms with Gasteiger partial charge in [-0.05, 0) is 41.6 Å². The van der Waals surface area contributed by atoms with E-state index in [2.05, 4.69) is 15.9 Å². The van der Waals surface area contributed by atoms with E-state index < -0.39 is 16.1 Å². The molecule has 10 nitrogen and oxygen atoms in total. The highest BCUT2D eigenvalue weighted by atomic mass is 79.9. The van der Waals surface area contributed by atoms with E-state index in [0.717, 1.165) is 21.1 Å². The molecule has 0 spiro atoms. The minimum Gasteiger partial charge on any atom is -0.488 e. The summed E-state index contributed by atoms with van der Waals surface area (Å²) in [4.78, 5) is 51.1. The van der Waals surface area contributed by atoms with Gasteiger partial charge in [0.2, 0.25) is 5.91 Å². The van der Waals surface area contributed by atoms with E-state index in [0.29, 0.717) is 43.2 Å². The van der Waals surface area contributed by atoms with Crippen LogP contribution in [0, 0.1) is 10.1 Å². The van der Waals surface area contributed by atoms with Crippen LogP contribution in [0.3, 0.4) is 0 Å². The van der Waals surface area contributed by atoms with Crippen LogP contribution in [0.1, 0.15) is 11.1 Å². The van der Waals surface area contributed by atoms with E-state index in [-0.39, 0.29) is 29.7 Å². The summed E-state index contributed by atoms with van der Waals surface area (Å²) in [5.74, 6) is -0.428. The van der Waals surface area contributed by atoms with Gasteiger partial charge in [0.05, 0.1) is 23.0 Å². The van der Waals surface area contributed by atoms with Crippen molar-refractivity contribution in [3.8, 4) is 5.75 Å². The highest BCUT2D eigenvalue weighted by molar-refractivity contribution is 9.10. The molecule has 0 N–H and O–H groups in total. The summed E-state index contributed by atoms with van der Waals surface area (Å²) in [6, 6.07) is 11.3. The van der Waals surface area contributed by atoms with Gasteiger partial charge in [-0.15, -0.1) is 0 Å². The SMILES string of the molecule is O=C(CN1C(=O)S/C(=C\c2cc(Br)ccc2OCc2cccc([N+](=O)[O-])c2)C1=O)N1CCOCC1. The van der Waals surface area contributed by atoms with E-state index in [4.69, 9.17) is 9.47 Å². The predicted octanol–water partition coefficient (Wildman–Crippen LogP) is 3.83. The van der Waals surface area contributed by atoms with Gasteiger partial charge in [0.25, 0.3) is 16.8 Å². The molecule has 2 aliphatic rings. The first-order valence-electron chi connectivity index (χ1n) is 10.6. The molecule has 4 rings (SSSR count). The number of benzene rings is 2. The molecule has 2 saturated heterocycles. The van der Waals surface area contributed by atoms with Crippen molar-refractivity contribution in [2.75, 3.05) is 32.8 Å². The van der Waals surface area contributed by atoms with Gasteiger partial charge in [-0.2, -0.15) is 0 Å². The fourth-order valence-corrected chi connectivity index (χ4v) is 4.72. The molecule has 182 valence electrons. The highest BCUT2D eigenvalue weighted by Crippen LogP contribution is 2.35. The van der Waals surface area contributed by atoms with Crippen molar-refractivity contribution >= 4 is 56.5 Å². The van der Waals surface area contributed by atoms with E-state index in [9.17, 15) is 24.5 Å². The second-order valence-electron chi connectivity index (χ2n) is 7.66. The minimum absolute atomic E-state index is 0.0394. The molecule has 0 aromatic heterocycles. The standard InChI is InChI=1S/C23H20BrN3O7S/c24-17-4-5-19(34-14-15-2-1-3-18(10-15)27(31)32)16(11-17)12-20-22(29)26(23(30)35-20)13-21(28)25-6-8-33-9-7-25/h1-5,10-12H,6-9,13-14H2/b20-12-. The van der Waals surface area contributed by atoms with Gasteiger partial charge in [0.15, 0.2) is 0 Å². The van der Waals surface area contributed by atoms with Crippen LogP contribution >= 0.6 is 27.7 Å². The zero-order chi connectivity index (χ0) is 24.9. The second kappa shape index (κ2) is 11.0. The molecule has 0 atom stereocenters. The smallest absolute Gasteiger partial charge is 0.294 e. The van der Waals surface area contributed by atoms with Crippen molar-refractivity contribution in [1.29, 1.82) is 0 Å². The average molecular weight is 562 g/mol. The van der Waals surface area contributed by atoms with Crippen LogP contribution in [-0.2, 0) is 20.9 Å². The molecule has 0 unspecified atom stereocenters. The summed E-state index contributed by atoms with van der Waals surface area (Å²) in [6.45, 7) is 1.45. The number of nitrogens with zero attached hydrogens (tertiary/aromatic N) is 3. The molecule has 2 fully saturated rings. The topological polar surface area (TPSA) is 119 Å². The number of hydrogen-bond donors (Lipinski definition) is 0. The molecule has 3 amide bonds. The maximum absolute atomic E-state index is 12.9. The normalized spacial score (nSPS) is 17.2. The Morgan fingerprint density at radius 3 is 2.71 bits per heavy atom. The van der Waals surface area contributed by atoms with E-state index in [1.165, 1.54) is 18.2 Å². The lowest BCUT2D eigenvalue weighted by Crippen LogP contribution is -2.46. The van der Waals surface area contributed by atoms with E-state index >= 15 is 0 Å². The first-order valence-corrected chi connectivity index (χ1v) is 12.2. The quantitative estimate of drug-likeness (QED) is 0.284. The summed E-state index contributed by atoms with van der Waals surface area (Å²) in [6.07, 6.45) is 1.54. The Bertz CT molecular complexity index is 1210. The third kappa shape index (κ3) is 6.08. The van der Waals surface area contributed by atoms with Gasteiger partial charge in [-0.1, -0.05) is 28.1 Å². The lowest BCUT2D eigenvalue weighted by molar-refractivity contribution is -0.384. The van der Waals surface area contributed by atoms with Crippen LogP contribution in [0.25, 0.3) is 6.08 Å². The summed E-state index contributed by atoms with van der Waals surface area (Å²) in [5.41, 5.74) is 1.10. The minimum atomic E-state index is -0.550. The number of ether oxygens (including phenoxy) is 2. The van der Waals surface area contributed by atoms with Crippen molar-refractivity contribution < 1.29 is 28.8 Å². The number of non-ortho nitro benzene ring substituents is 1. The summed E-state index contributed by atoms with van der Waals surface area (Å²) in [7, 11) is 0. The van der Waals surface area contributed by atoms with Gasteiger partial charge in [0.1, 0.15) is 18.9 Å². The number of rotatable bonds is 7. The molecule has 0 bridgehead atoms. The molecular formula is C23H20BrN3O7S. The van der Waals surface area contributed by atoms with Crippen LogP contribution in [-0.4, -0.2) is 64.6 Å². The number of halogens is 1. The maximum atomic E-state index is 12.9. The zero-order valence-electron chi connectivity index (χ0n) is 18.3. The zero-order valence-corrected chi connectivity index (χ0v) is 20.7. The fraction of sp³-hybridized carbons (Fsp3) is 0.261. The number of hydrogen-bond acceptors (Lipinski definition) is 8. The Kier molecular flexibility index (Phi) is 7.83. The van der Waals surface area contributed by atoms with E-state index in [1.807, 2.05) is 0 Å². The van der Waals surface area contributed by atoms with Crippen LogP contribution in [0.4, 0.5) is 10.5 Å². The van der Waals surface area contributed by atoms with Crippen molar-refractivity contribution in [3.05, 3.63) is 73.1 Å². The number of morpholine rings is 1. The average Bonchev–Trinajstić information content (AvgIpc) is 3.11. The first kappa shape index (κ1) is 24.9. The Morgan fingerprint density at radius 2 is 1.97 bits per heavy atom. The molecule has 2 aromatic rings. The highest BCUT2D eigenvalue weighted by Gasteiger charge is 2.37. The number of imide groups is 1. The molecule has 2 aliphatic heterocycles. The molecule has 0 saturated carbocycles. The number of thioether (sulfide) groups is 1. The Morgan fingerprint density at radius 1 is 1.20 bits per heavy atom. The van der Waals surface area contributed by atoms with Gasteiger partial charge < -0.3 is 14.4 Å². The Labute approximate surface area is 213 Å². The third-order valence-corrected chi connectivity index (χ3v) is 6.71. The van der Waals surface area contributed by atoms with Gasteiger partial charge >= 0.3 is 0 Å². The number of nitro benzene ring substituents is 1. The van der Waals surface area contributed by atoms with Crippen LogP contribution in [0.15, 0.2) is 51.8 Å². The Balaban J connectivity index is 1.49. The summed E-state index contributed by atoms with van der Waals surface area (Å²) >= 11 is 4.15. The number of amides is 3. The summed E-state index contributed by atoms with van der Waals surface area (Å²) in [5, 5.41) is 10.5. The van der Waals surface area contributed by atoms with Crippen LogP contribution < -0.4 is 4.74 Å². The first-order chi connectivity index (χ1) is 16.8. The van der Waals surface area contributed by atoms with Crippen molar-refractivity contribution in [3.63, 3.8) is 0 Å². The van der Waals surface area contributed by atoms with Crippen molar-refractivity contribution in [2.24, 2.45) is 0 Å². The van der Waals surface area contributed by atoms with Crippen LogP contribution in [0.5, 0.6) is 5.75 Å². The molecular weight excluding hydrogens is 542 g/mol. The fourth-order valence-electron chi connectivity index (χ4n) is 3.51. The summed E-state index contributed by atoms with van der Waals surface area (Å²) < 4.78 is 11.8. The van der Waals surface area contributed by atoms with E-state index in [1.54, 1.807) is 35.2 Å². The number of nitro groups is 1. The molecule has 0 radical (unpaired) electrons. The van der Waals surface area contributed by atoms with Gasteiger partial charge in [-0.25, -0.2) is 0 Å². The predicted molar refractivity (Wildman–Crippen MR) is 132 cm³/mol. The number of carbonyl (C=O) groups excluding carboxylic acids is 3. The third-order valence-electron chi connectivity index (χ3n) is 5.30. The Hall–Kier alpha value is -3.22. The molecule has 2 aromatic carbocycles. The van der Waals surface area contributed by atoms with Gasteiger partial charge in [-0.3, -0.25) is 29.4 Å². The molecule has 35 heavy (non-hydrogen) atoms. The second-order valence-corrected chi connectivity index (χ2v) is 9.57.